The van der Waals surface area contributed by atoms with Crippen LogP contribution in [0.4, 0.5) is 5.69 Å². The topological polar surface area (TPSA) is 58.4 Å². The molecule has 116 valence electrons. The summed E-state index contributed by atoms with van der Waals surface area (Å²) in [6, 6.07) is 8.21. The number of anilines is 1. The Morgan fingerprint density at radius 1 is 1.43 bits per heavy atom. The van der Waals surface area contributed by atoms with Gasteiger partial charge in [-0.1, -0.05) is 25.0 Å². The van der Waals surface area contributed by atoms with Crippen LogP contribution in [0.5, 0.6) is 0 Å². The first-order valence-electron chi connectivity index (χ1n) is 7.73. The smallest absolute Gasteiger partial charge is 0.225 e. The Morgan fingerprint density at radius 3 is 2.86 bits per heavy atom. The van der Waals surface area contributed by atoms with Gasteiger partial charge in [0.05, 0.1) is 5.92 Å². The third-order valence-corrected chi connectivity index (χ3v) is 4.46. The van der Waals surface area contributed by atoms with E-state index >= 15 is 0 Å². The lowest BCUT2D eigenvalue weighted by Gasteiger charge is -2.37. The molecule has 1 aliphatic carbocycles. The standard InChI is InChI=1S/C17H27N3O/c1-17(18)10-5-4-9-15(17)16(21)19-12-13-7-6-8-14(11-13)20(2)3/h6-8,11,15H,4-5,9-10,12,18H2,1-3H3,(H,19,21). The minimum atomic E-state index is -0.367. The molecule has 0 aromatic heterocycles. The van der Waals surface area contributed by atoms with Gasteiger partial charge in [0.2, 0.25) is 5.91 Å². The monoisotopic (exact) mass is 289 g/mol. The molecule has 0 aliphatic heterocycles. The molecule has 1 aromatic rings. The Morgan fingerprint density at radius 2 is 2.19 bits per heavy atom. The molecule has 1 fully saturated rings. The molecule has 1 amide bonds. The van der Waals surface area contributed by atoms with Crippen molar-refractivity contribution < 1.29 is 4.79 Å². The van der Waals surface area contributed by atoms with Crippen LogP contribution in [-0.2, 0) is 11.3 Å². The highest BCUT2D eigenvalue weighted by atomic mass is 16.1. The average Bonchev–Trinajstić information content (AvgIpc) is 2.44. The van der Waals surface area contributed by atoms with E-state index in [-0.39, 0.29) is 17.4 Å². The van der Waals surface area contributed by atoms with Crippen molar-refractivity contribution in [2.45, 2.75) is 44.7 Å². The highest BCUT2D eigenvalue weighted by Crippen LogP contribution is 2.31. The molecule has 0 spiro atoms. The molecule has 4 nitrogen and oxygen atoms in total. The first-order valence-corrected chi connectivity index (χ1v) is 7.73. The third kappa shape index (κ3) is 3.97. The number of hydrogen-bond acceptors (Lipinski definition) is 3. The van der Waals surface area contributed by atoms with Crippen molar-refractivity contribution in [2.75, 3.05) is 19.0 Å². The second-order valence-corrected chi connectivity index (χ2v) is 6.59. The summed E-state index contributed by atoms with van der Waals surface area (Å²) in [4.78, 5) is 14.5. The van der Waals surface area contributed by atoms with E-state index in [0.717, 1.165) is 36.9 Å². The summed E-state index contributed by atoms with van der Waals surface area (Å²) in [5, 5.41) is 3.05. The molecular weight excluding hydrogens is 262 g/mol. The van der Waals surface area contributed by atoms with Crippen molar-refractivity contribution in [3.05, 3.63) is 29.8 Å². The maximum absolute atomic E-state index is 12.4. The molecular formula is C17H27N3O. The molecule has 21 heavy (non-hydrogen) atoms. The second-order valence-electron chi connectivity index (χ2n) is 6.59. The van der Waals surface area contributed by atoms with Gasteiger partial charge in [0, 0.05) is 31.9 Å². The number of carbonyl (C=O) groups is 1. The maximum atomic E-state index is 12.4. The quantitative estimate of drug-likeness (QED) is 0.894. The summed E-state index contributed by atoms with van der Waals surface area (Å²) >= 11 is 0. The van der Waals surface area contributed by atoms with Crippen LogP contribution in [-0.4, -0.2) is 25.5 Å². The van der Waals surface area contributed by atoms with E-state index in [2.05, 4.69) is 22.3 Å². The average molecular weight is 289 g/mol. The molecule has 2 unspecified atom stereocenters. The molecule has 2 atom stereocenters. The first kappa shape index (κ1) is 15.8. The zero-order chi connectivity index (χ0) is 15.5. The fourth-order valence-electron chi connectivity index (χ4n) is 3.05. The molecule has 2 rings (SSSR count). The van der Waals surface area contributed by atoms with Crippen molar-refractivity contribution in [2.24, 2.45) is 11.7 Å². The molecule has 0 bridgehead atoms. The largest absolute Gasteiger partial charge is 0.378 e. The Labute approximate surface area is 127 Å². The second kappa shape index (κ2) is 6.48. The van der Waals surface area contributed by atoms with E-state index in [1.54, 1.807) is 0 Å². The van der Waals surface area contributed by atoms with Crippen LogP contribution in [0.15, 0.2) is 24.3 Å². The third-order valence-electron chi connectivity index (χ3n) is 4.46. The van der Waals surface area contributed by atoms with E-state index in [0.29, 0.717) is 6.54 Å². The summed E-state index contributed by atoms with van der Waals surface area (Å²) in [6.07, 6.45) is 4.06. The van der Waals surface area contributed by atoms with Gasteiger partial charge in [-0.25, -0.2) is 0 Å². The van der Waals surface area contributed by atoms with Gasteiger partial charge in [0.15, 0.2) is 0 Å². The molecule has 1 aromatic carbocycles. The molecule has 1 saturated carbocycles. The maximum Gasteiger partial charge on any atom is 0.225 e. The van der Waals surface area contributed by atoms with Crippen molar-refractivity contribution in [3.8, 4) is 0 Å². The Balaban J connectivity index is 1.96. The lowest BCUT2D eigenvalue weighted by molar-refractivity contribution is -0.128. The van der Waals surface area contributed by atoms with Crippen molar-refractivity contribution in [1.29, 1.82) is 0 Å². The van der Waals surface area contributed by atoms with E-state index in [1.165, 1.54) is 0 Å². The number of amides is 1. The van der Waals surface area contributed by atoms with Gasteiger partial charge in [0.25, 0.3) is 0 Å². The highest BCUT2D eigenvalue weighted by molar-refractivity contribution is 5.80. The minimum Gasteiger partial charge on any atom is -0.378 e. The summed E-state index contributed by atoms with van der Waals surface area (Å²) in [5.74, 6) is 0.0261. The van der Waals surface area contributed by atoms with Crippen LogP contribution < -0.4 is 16.0 Å². The predicted molar refractivity (Wildman–Crippen MR) is 87.2 cm³/mol. The number of carbonyl (C=O) groups excluding carboxylic acids is 1. The van der Waals surface area contributed by atoms with Gasteiger partial charge < -0.3 is 16.0 Å². The van der Waals surface area contributed by atoms with Crippen LogP contribution in [0.25, 0.3) is 0 Å². The Hall–Kier alpha value is -1.55. The predicted octanol–water partition coefficient (Wildman–Crippen LogP) is 2.28. The number of nitrogens with two attached hydrogens (primary N) is 1. The first-order chi connectivity index (χ1) is 9.90. The van der Waals surface area contributed by atoms with E-state index in [1.807, 2.05) is 33.2 Å². The zero-order valence-electron chi connectivity index (χ0n) is 13.4. The number of nitrogens with one attached hydrogen (secondary N) is 1. The van der Waals surface area contributed by atoms with Crippen LogP contribution in [0.3, 0.4) is 0 Å². The Bertz CT molecular complexity index is 497. The van der Waals surface area contributed by atoms with Gasteiger partial charge in [-0.3, -0.25) is 4.79 Å². The summed E-state index contributed by atoms with van der Waals surface area (Å²) in [6.45, 7) is 2.57. The molecule has 0 heterocycles. The molecule has 3 N–H and O–H groups in total. The summed E-state index contributed by atoms with van der Waals surface area (Å²) < 4.78 is 0. The van der Waals surface area contributed by atoms with E-state index < -0.39 is 0 Å². The highest BCUT2D eigenvalue weighted by Gasteiger charge is 2.37. The van der Waals surface area contributed by atoms with Gasteiger partial charge in [-0.05, 0) is 37.5 Å². The molecule has 0 radical (unpaired) electrons. The summed E-state index contributed by atoms with van der Waals surface area (Å²) in [5.41, 5.74) is 8.18. The lowest BCUT2D eigenvalue weighted by atomic mass is 9.74. The van der Waals surface area contributed by atoms with Crippen LogP contribution in [0.1, 0.15) is 38.2 Å². The normalized spacial score (nSPS) is 25.4. The SMILES string of the molecule is CN(C)c1cccc(CNC(=O)C2CCCCC2(C)N)c1. The van der Waals surface area contributed by atoms with Gasteiger partial charge in [-0.15, -0.1) is 0 Å². The summed E-state index contributed by atoms with van der Waals surface area (Å²) in [7, 11) is 4.03. The van der Waals surface area contributed by atoms with Crippen LogP contribution in [0.2, 0.25) is 0 Å². The number of hydrogen-bond donors (Lipinski definition) is 2. The number of rotatable bonds is 4. The Kier molecular flexibility index (Phi) is 4.88. The van der Waals surface area contributed by atoms with Crippen molar-refractivity contribution in [1.82, 2.24) is 5.32 Å². The van der Waals surface area contributed by atoms with E-state index in [9.17, 15) is 4.79 Å². The van der Waals surface area contributed by atoms with Gasteiger partial charge in [0.1, 0.15) is 0 Å². The van der Waals surface area contributed by atoms with Crippen molar-refractivity contribution in [3.63, 3.8) is 0 Å². The molecule has 1 aliphatic rings. The molecule has 0 saturated heterocycles. The number of nitrogens with zero attached hydrogens (tertiary/aromatic N) is 1. The van der Waals surface area contributed by atoms with E-state index in [4.69, 9.17) is 5.73 Å². The minimum absolute atomic E-state index is 0.0664. The van der Waals surface area contributed by atoms with Crippen molar-refractivity contribution >= 4 is 11.6 Å². The van der Waals surface area contributed by atoms with Gasteiger partial charge in [-0.2, -0.15) is 0 Å². The molecule has 4 heteroatoms. The number of benzene rings is 1. The fourth-order valence-corrected chi connectivity index (χ4v) is 3.05. The van der Waals surface area contributed by atoms with Crippen LogP contribution in [0, 0.1) is 5.92 Å². The zero-order valence-corrected chi connectivity index (χ0v) is 13.4. The lowest BCUT2D eigenvalue weighted by Crippen LogP contribution is -2.52. The van der Waals surface area contributed by atoms with Gasteiger partial charge >= 0.3 is 0 Å². The fraction of sp³-hybridized carbons (Fsp3) is 0.588. The van der Waals surface area contributed by atoms with Crippen LogP contribution >= 0.6 is 0 Å².